The van der Waals surface area contributed by atoms with Crippen molar-refractivity contribution in [1.29, 1.82) is 0 Å². The molecule has 0 fully saturated rings. The maximum atomic E-state index is 12.2. The van der Waals surface area contributed by atoms with Crippen molar-refractivity contribution in [2.24, 2.45) is 0 Å². The Morgan fingerprint density at radius 2 is 1.69 bits per heavy atom. The van der Waals surface area contributed by atoms with E-state index in [1.165, 1.54) is 0 Å². The molecule has 2 rings (SSSR count). The lowest BCUT2D eigenvalue weighted by molar-refractivity contribution is -0.114. The SMILES string of the molecule is CCCCOc1ccccc1NC(=O)CNc1ccc(OCCC)cc1. The number of amides is 1. The van der Waals surface area contributed by atoms with Gasteiger partial charge in [-0.1, -0.05) is 32.4 Å². The number of unbranched alkanes of at least 4 members (excludes halogenated alkanes) is 1. The van der Waals surface area contributed by atoms with Gasteiger partial charge >= 0.3 is 0 Å². The zero-order valence-corrected chi connectivity index (χ0v) is 15.6. The second kappa shape index (κ2) is 11.0. The van der Waals surface area contributed by atoms with E-state index >= 15 is 0 Å². The van der Waals surface area contributed by atoms with Crippen molar-refractivity contribution >= 4 is 17.3 Å². The summed E-state index contributed by atoms with van der Waals surface area (Å²) in [5, 5.41) is 6.01. The van der Waals surface area contributed by atoms with E-state index in [0.717, 1.165) is 30.7 Å². The molecule has 0 saturated carbocycles. The molecule has 0 aromatic heterocycles. The minimum Gasteiger partial charge on any atom is -0.494 e. The van der Waals surface area contributed by atoms with E-state index in [0.29, 0.717) is 24.7 Å². The van der Waals surface area contributed by atoms with Gasteiger partial charge in [-0.25, -0.2) is 0 Å². The maximum Gasteiger partial charge on any atom is 0.243 e. The van der Waals surface area contributed by atoms with Crippen LogP contribution in [0.5, 0.6) is 11.5 Å². The molecule has 1 amide bonds. The van der Waals surface area contributed by atoms with Crippen LogP contribution in [0.25, 0.3) is 0 Å². The lowest BCUT2D eigenvalue weighted by atomic mass is 10.2. The van der Waals surface area contributed by atoms with E-state index in [1.807, 2.05) is 48.5 Å². The van der Waals surface area contributed by atoms with E-state index in [4.69, 9.17) is 9.47 Å². The van der Waals surface area contributed by atoms with E-state index in [1.54, 1.807) is 0 Å². The average Bonchev–Trinajstić information content (AvgIpc) is 2.67. The first kappa shape index (κ1) is 19.6. The average molecular weight is 356 g/mol. The van der Waals surface area contributed by atoms with E-state index in [-0.39, 0.29) is 12.5 Å². The smallest absolute Gasteiger partial charge is 0.243 e. The Kier molecular flexibility index (Phi) is 8.33. The van der Waals surface area contributed by atoms with Crippen molar-refractivity contribution < 1.29 is 14.3 Å². The molecule has 0 bridgehead atoms. The topological polar surface area (TPSA) is 59.6 Å². The van der Waals surface area contributed by atoms with Gasteiger partial charge in [-0.2, -0.15) is 0 Å². The summed E-state index contributed by atoms with van der Waals surface area (Å²) in [5.41, 5.74) is 1.56. The summed E-state index contributed by atoms with van der Waals surface area (Å²) < 4.78 is 11.3. The van der Waals surface area contributed by atoms with E-state index in [9.17, 15) is 4.79 Å². The molecule has 2 N–H and O–H groups in total. The van der Waals surface area contributed by atoms with Crippen LogP contribution in [0.3, 0.4) is 0 Å². The highest BCUT2D eigenvalue weighted by molar-refractivity contribution is 5.95. The van der Waals surface area contributed by atoms with E-state index in [2.05, 4.69) is 24.5 Å². The fourth-order valence-electron chi connectivity index (χ4n) is 2.29. The highest BCUT2D eigenvalue weighted by Crippen LogP contribution is 2.24. The molecule has 0 saturated heterocycles. The summed E-state index contributed by atoms with van der Waals surface area (Å²) in [7, 11) is 0. The molecule has 0 radical (unpaired) electrons. The van der Waals surface area contributed by atoms with Gasteiger partial charge in [0.25, 0.3) is 0 Å². The molecule has 0 atom stereocenters. The largest absolute Gasteiger partial charge is 0.494 e. The molecule has 0 spiro atoms. The number of rotatable bonds is 11. The first-order valence-electron chi connectivity index (χ1n) is 9.21. The predicted molar refractivity (Wildman–Crippen MR) is 106 cm³/mol. The predicted octanol–water partition coefficient (Wildman–Crippen LogP) is 4.70. The number of ether oxygens (including phenoxy) is 2. The maximum absolute atomic E-state index is 12.2. The van der Waals surface area contributed by atoms with Gasteiger partial charge in [-0.3, -0.25) is 4.79 Å². The Morgan fingerprint density at radius 3 is 2.42 bits per heavy atom. The molecule has 5 nitrogen and oxygen atoms in total. The summed E-state index contributed by atoms with van der Waals surface area (Å²) in [5.74, 6) is 1.41. The summed E-state index contributed by atoms with van der Waals surface area (Å²) in [6.45, 7) is 5.72. The molecule has 2 aromatic rings. The van der Waals surface area contributed by atoms with Crippen LogP contribution in [0.4, 0.5) is 11.4 Å². The number of benzene rings is 2. The molecule has 140 valence electrons. The Balaban J connectivity index is 1.83. The van der Waals surface area contributed by atoms with Crippen LogP contribution in [0, 0.1) is 0 Å². The van der Waals surface area contributed by atoms with Crippen LogP contribution in [0.2, 0.25) is 0 Å². The second-order valence-corrected chi connectivity index (χ2v) is 5.97. The fourth-order valence-corrected chi connectivity index (χ4v) is 2.29. The zero-order chi connectivity index (χ0) is 18.6. The Morgan fingerprint density at radius 1 is 0.923 bits per heavy atom. The fraction of sp³-hybridized carbons (Fsp3) is 0.381. The monoisotopic (exact) mass is 356 g/mol. The highest BCUT2D eigenvalue weighted by Gasteiger charge is 2.07. The van der Waals surface area contributed by atoms with E-state index < -0.39 is 0 Å². The van der Waals surface area contributed by atoms with Gasteiger partial charge < -0.3 is 20.1 Å². The van der Waals surface area contributed by atoms with Gasteiger partial charge in [0.1, 0.15) is 11.5 Å². The van der Waals surface area contributed by atoms with Crippen LogP contribution < -0.4 is 20.1 Å². The summed E-state index contributed by atoms with van der Waals surface area (Å²) >= 11 is 0. The molecule has 26 heavy (non-hydrogen) atoms. The van der Waals surface area contributed by atoms with Gasteiger partial charge in [0.2, 0.25) is 5.91 Å². The highest BCUT2D eigenvalue weighted by atomic mass is 16.5. The zero-order valence-electron chi connectivity index (χ0n) is 15.6. The van der Waals surface area contributed by atoms with Crippen LogP contribution >= 0.6 is 0 Å². The Labute approximate surface area is 155 Å². The minimum absolute atomic E-state index is 0.122. The van der Waals surface area contributed by atoms with Gasteiger partial charge in [0.15, 0.2) is 0 Å². The lowest BCUT2D eigenvalue weighted by Gasteiger charge is -2.13. The lowest BCUT2D eigenvalue weighted by Crippen LogP contribution is -2.22. The van der Waals surface area contributed by atoms with Gasteiger partial charge in [0, 0.05) is 5.69 Å². The van der Waals surface area contributed by atoms with Gasteiger partial charge in [-0.05, 0) is 49.2 Å². The van der Waals surface area contributed by atoms with Crippen molar-refractivity contribution in [2.45, 2.75) is 33.1 Å². The molecule has 0 aliphatic carbocycles. The van der Waals surface area contributed by atoms with Crippen molar-refractivity contribution in [2.75, 3.05) is 30.4 Å². The van der Waals surface area contributed by atoms with Crippen molar-refractivity contribution in [1.82, 2.24) is 0 Å². The third kappa shape index (κ3) is 6.67. The van der Waals surface area contributed by atoms with Crippen molar-refractivity contribution in [3.05, 3.63) is 48.5 Å². The number of carbonyl (C=O) groups excluding carboxylic acids is 1. The summed E-state index contributed by atoms with van der Waals surface area (Å²) in [6, 6.07) is 15.1. The number of para-hydroxylation sites is 2. The van der Waals surface area contributed by atoms with Crippen LogP contribution in [0.1, 0.15) is 33.1 Å². The summed E-state index contributed by atoms with van der Waals surface area (Å²) in [6.07, 6.45) is 3.03. The van der Waals surface area contributed by atoms with Gasteiger partial charge in [-0.15, -0.1) is 0 Å². The molecule has 0 unspecified atom stereocenters. The first-order chi connectivity index (χ1) is 12.7. The molecule has 0 aliphatic rings. The van der Waals surface area contributed by atoms with Crippen molar-refractivity contribution in [3.63, 3.8) is 0 Å². The Bertz CT molecular complexity index is 671. The molecular formula is C21H28N2O3. The first-order valence-corrected chi connectivity index (χ1v) is 9.21. The number of carbonyl (C=O) groups is 1. The number of hydrogen-bond acceptors (Lipinski definition) is 4. The quantitative estimate of drug-likeness (QED) is 0.573. The normalized spacial score (nSPS) is 10.2. The molecule has 0 heterocycles. The number of hydrogen-bond donors (Lipinski definition) is 2. The van der Waals surface area contributed by atoms with Gasteiger partial charge in [0.05, 0.1) is 25.4 Å². The third-order valence-electron chi connectivity index (χ3n) is 3.70. The number of nitrogens with one attached hydrogen (secondary N) is 2. The number of anilines is 2. The standard InChI is InChI=1S/C21H28N2O3/c1-3-5-15-26-20-9-7-6-8-19(20)23-21(24)16-22-17-10-12-18(13-11-17)25-14-4-2/h6-13,22H,3-5,14-16H2,1-2H3,(H,23,24). The molecule has 5 heteroatoms. The third-order valence-corrected chi connectivity index (χ3v) is 3.70. The van der Waals surface area contributed by atoms with Crippen LogP contribution in [-0.4, -0.2) is 25.7 Å². The second-order valence-electron chi connectivity index (χ2n) is 5.97. The minimum atomic E-state index is -0.122. The molecule has 2 aromatic carbocycles. The molecular weight excluding hydrogens is 328 g/mol. The van der Waals surface area contributed by atoms with Crippen LogP contribution in [-0.2, 0) is 4.79 Å². The van der Waals surface area contributed by atoms with Crippen LogP contribution in [0.15, 0.2) is 48.5 Å². The molecule has 0 aliphatic heterocycles. The summed E-state index contributed by atoms with van der Waals surface area (Å²) in [4.78, 5) is 12.2. The Hall–Kier alpha value is -2.69. The van der Waals surface area contributed by atoms with Crippen molar-refractivity contribution in [3.8, 4) is 11.5 Å².